The van der Waals surface area contributed by atoms with Crippen LogP contribution >= 0.6 is 0 Å². The number of hydrogen-bond donors (Lipinski definition) is 2. The first-order valence-electron chi connectivity index (χ1n) is 9.08. The highest BCUT2D eigenvalue weighted by molar-refractivity contribution is 6.16. The quantitative estimate of drug-likeness (QED) is 0.702. The summed E-state index contributed by atoms with van der Waals surface area (Å²) in [7, 11) is 0. The van der Waals surface area contributed by atoms with Crippen LogP contribution < -0.4 is 16.4 Å². The lowest BCUT2D eigenvalue weighted by Crippen LogP contribution is -2.58. The first kappa shape index (κ1) is 15.3. The molecule has 1 fully saturated rings. The maximum Gasteiger partial charge on any atom is 0.220 e. The predicted octanol–water partition coefficient (Wildman–Crippen LogP) is 3.70. The Bertz CT molecular complexity index is 1060. The molecule has 2 aliphatic rings. The van der Waals surface area contributed by atoms with Crippen LogP contribution in [0.25, 0.3) is 21.9 Å². The normalized spacial score (nSPS) is 19.8. The lowest BCUT2D eigenvalue weighted by molar-refractivity contribution is 0.306. The fraction of sp³-hybridized carbons (Fsp3) is 0.300. The summed E-state index contributed by atoms with van der Waals surface area (Å²) >= 11 is 0. The molecule has 5 rings (SSSR count). The van der Waals surface area contributed by atoms with Crippen molar-refractivity contribution in [2.24, 2.45) is 21.5 Å². The van der Waals surface area contributed by atoms with E-state index in [1.54, 1.807) is 0 Å². The van der Waals surface area contributed by atoms with Gasteiger partial charge in [0.15, 0.2) is 0 Å². The second-order valence-corrected chi connectivity index (χ2v) is 7.07. The SMILES string of the molecule is NC1=NC2(CCCCC2)N(c2cccc3oc4ccccc4c23)C(N)=N1. The van der Waals surface area contributed by atoms with Gasteiger partial charge in [0, 0.05) is 5.39 Å². The molecule has 6 nitrogen and oxygen atoms in total. The van der Waals surface area contributed by atoms with Crippen LogP contribution in [0.1, 0.15) is 32.1 Å². The standard InChI is InChI=1S/C20H21N5O/c21-18-23-19(22)25(20(24-18)11-4-1-5-12-20)14-8-6-10-16-17(14)13-7-2-3-9-15(13)26-16/h2-3,6-10H,1,4-5,11-12H2,(H4,21,22,23,24). The minimum Gasteiger partial charge on any atom is -0.456 e. The molecule has 0 radical (unpaired) electrons. The molecule has 3 aromatic rings. The summed E-state index contributed by atoms with van der Waals surface area (Å²) in [5, 5.41) is 2.11. The van der Waals surface area contributed by atoms with Gasteiger partial charge in [-0.2, -0.15) is 4.99 Å². The smallest absolute Gasteiger partial charge is 0.220 e. The van der Waals surface area contributed by atoms with Crippen LogP contribution in [0.4, 0.5) is 5.69 Å². The average molecular weight is 347 g/mol. The Morgan fingerprint density at radius 2 is 1.69 bits per heavy atom. The third-order valence-electron chi connectivity index (χ3n) is 5.47. The molecular formula is C20H21N5O. The highest BCUT2D eigenvalue weighted by Gasteiger charge is 2.43. The van der Waals surface area contributed by atoms with Crippen molar-refractivity contribution in [1.29, 1.82) is 0 Å². The maximum absolute atomic E-state index is 6.40. The lowest BCUT2D eigenvalue weighted by atomic mass is 9.87. The molecule has 0 atom stereocenters. The summed E-state index contributed by atoms with van der Waals surface area (Å²) in [4.78, 5) is 11.1. The molecule has 1 saturated carbocycles. The first-order chi connectivity index (χ1) is 12.7. The Kier molecular flexibility index (Phi) is 3.22. The third-order valence-corrected chi connectivity index (χ3v) is 5.47. The van der Waals surface area contributed by atoms with Gasteiger partial charge >= 0.3 is 0 Å². The fourth-order valence-electron chi connectivity index (χ4n) is 4.41. The first-order valence-corrected chi connectivity index (χ1v) is 9.08. The molecule has 4 N–H and O–H groups in total. The molecule has 2 heterocycles. The van der Waals surface area contributed by atoms with Crippen LogP contribution in [0.5, 0.6) is 0 Å². The molecule has 6 heteroatoms. The van der Waals surface area contributed by atoms with E-state index in [4.69, 9.17) is 20.9 Å². The van der Waals surface area contributed by atoms with E-state index in [0.29, 0.717) is 5.96 Å². The molecule has 1 aliphatic heterocycles. The Morgan fingerprint density at radius 1 is 0.923 bits per heavy atom. The summed E-state index contributed by atoms with van der Waals surface area (Å²) in [5.74, 6) is 0.669. The number of nitrogens with zero attached hydrogens (tertiary/aromatic N) is 3. The number of guanidine groups is 2. The molecule has 0 amide bonds. The van der Waals surface area contributed by atoms with Gasteiger partial charge in [0.1, 0.15) is 16.8 Å². The minimum atomic E-state index is -0.458. The monoisotopic (exact) mass is 347 g/mol. The third kappa shape index (κ3) is 2.11. The van der Waals surface area contributed by atoms with E-state index in [1.165, 1.54) is 6.42 Å². The molecule has 0 unspecified atom stereocenters. The van der Waals surface area contributed by atoms with E-state index in [1.807, 2.05) is 30.3 Å². The number of hydrogen-bond acceptors (Lipinski definition) is 6. The number of para-hydroxylation sites is 1. The van der Waals surface area contributed by atoms with Crippen LogP contribution in [0.3, 0.4) is 0 Å². The topological polar surface area (TPSA) is 93.1 Å². The van der Waals surface area contributed by atoms with Gasteiger partial charge < -0.3 is 15.9 Å². The highest BCUT2D eigenvalue weighted by atomic mass is 16.3. The minimum absolute atomic E-state index is 0.268. The zero-order valence-electron chi connectivity index (χ0n) is 14.5. The zero-order chi connectivity index (χ0) is 17.7. The van der Waals surface area contributed by atoms with Crippen molar-refractivity contribution in [3.05, 3.63) is 42.5 Å². The van der Waals surface area contributed by atoms with E-state index in [9.17, 15) is 0 Å². The maximum atomic E-state index is 6.40. The fourth-order valence-corrected chi connectivity index (χ4v) is 4.41. The van der Waals surface area contributed by atoms with E-state index in [2.05, 4.69) is 22.0 Å². The number of benzene rings is 2. The van der Waals surface area contributed by atoms with Gasteiger partial charge in [-0.3, -0.25) is 4.90 Å². The zero-order valence-corrected chi connectivity index (χ0v) is 14.5. The Morgan fingerprint density at radius 3 is 2.54 bits per heavy atom. The summed E-state index contributed by atoms with van der Waals surface area (Å²) in [6.45, 7) is 0. The van der Waals surface area contributed by atoms with Gasteiger partial charge in [0.25, 0.3) is 0 Å². The highest BCUT2D eigenvalue weighted by Crippen LogP contribution is 2.43. The summed E-state index contributed by atoms with van der Waals surface area (Å²) in [5.41, 5.74) is 14.6. The molecule has 1 spiro atoms. The van der Waals surface area contributed by atoms with Crippen LogP contribution in [0.2, 0.25) is 0 Å². The van der Waals surface area contributed by atoms with Crippen LogP contribution in [-0.2, 0) is 0 Å². The number of nitrogens with two attached hydrogens (primary N) is 2. The van der Waals surface area contributed by atoms with Crippen molar-refractivity contribution in [2.45, 2.75) is 37.8 Å². The van der Waals surface area contributed by atoms with Crippen LogP contribution in [0, 0.1) is 0 Å². The van der Waals surface area contributed by atoms with Gasteiger partial charge in [-0.25, -0.2) is 4.99 Å². The molecule has 0 bridgehead atoms. The van der Waals surface area contributed by atoms with Gasteiger partial charge in [-0.05, 0) is 43.9 Å². The number of aliphatic imine (C=N–C) groups is 2. The number of furan rings is 1. The van der Waals surface area contributed by atoms with E-state index in [-0.39, 0.29) is 5.96 Å². The van der Waals surface area contributed by atoms with Crippen molar-refractivity contribution >= 4 is 39.5 Å². The van der Waals surface area contributed by atoms with Crippen molar-refractivity contribution < 1.29 is 4.42 Å². The van der Waals surface area contributed by atoms with Gasteiger partial charge in [-0.15, -0.1) is 0 Å². The molecule has 1 aliphatic carbocycles. The second kappa shape index (κ2) is 5.49. The summed E-state index contributed by atoms with van der Waals surface area (Å²) in [6.07, 6.45) is 5.23. The Balaban J connectivity index is 1.79. The van der Waals surface area contributed by atoms with Crippen LogP contribution in [-0.4, -0.2) is 17.6 Å². The Labute approximate surface area is 151 Å². The van der Waals surface area contributed by atoms with Gasteiger partial charge in [0.2, 0.25) is 11.9 Å². The predicted molar refractivity (Wildman–Crippen MR) is 105 cm³/mol. The largest absolute Gasteiger partial charge is 0.456 e. The molecule has 132 valence electrons. The Hall–Kier alpha value is -3.02. The molecule has 0 saturated heterocycles. The molecule has 1 aromatic heterocycles. The van der Waals surface area contributed by atoms with Gasteiger partial charge in [0.05, 0.1) is 11.1 Å². The van der Waals surface area contributed by atoms with Crippen molar-refractivity contribution in [2.75, 3.05) is 4.90 Å². The number of anilines is 1. The van der Waals surface area contributed by atoms with Gasteiger partial charge in [-0.1, -0.05) is 30.7 Å². The molecule has 26 heavy (non-hydrogen) atoms. The van der Waals surface area contributed by atoms with Crippen molar-refractivity contribution in [3.63, 3.8) is 0 Å². The molecular weight excluding hydrogens is 326 g/mol. The summed E-state index contributed by atoms with van der Waals surface area (Å²) in [6, 6.07) is 14.1. The number of fused-ring (bicyclic) bond motifs is 3. The number of rotatable bonds is 1. The van der Waals surface area contributed by atoms with E-state index >= 15 is 0 Å². The second-order valence-electron chi connectivity index (χ2n) is 7.07. The van der Waals surface area contributed by atoms with Crippen molar-refractivity contribution in [1.82, 2.24) is 0 Å². The van der Waals surface area contributed by atoms with Crippen molar-refractivity contribution in [3.8, 4) is 0 Å². The summed E-state index contributed by atoms with van der Waals surface area (Å²) < 4.78 is 6.05. The van der Waals surface area contributed by atoms with E-state index < -0.39 is 5.66 Å². The average Bonchev–Trinajstić information content (AvgIpc) is 3.01. The van der Waals surface area contributed by atoms with Crippen LogP contribution in [0.15, 0.2) is 56.9 Å². The molecule has 2 aromatic carbocycles. The lowest BCUT2D eigenvalue weighted by Gasteiger charge is -2.45. The van der Waals surface area contributed by atoms with E-state index in [0.717, 1.165) is 53.3 Å².